The molecule has 0 atom stereocenters. The number of fused-ring (bicyclic) bond motifs is 1. The lowest BCUT2D eigenvalue weighted by molar-refractivity contribution is 0.385. The molecule has 20 heavy (non-hydrogen) atoms. The topological polar surface area (TPSA) is 66.1 Å². The van der Waals surface area contributed by atoms with E-state index in [2.05, 4.69) is 9.97 Å². The standard InChI is InChI=1S/C14H17N3O2S/c1-2-11-3-5-12(6-4-11)20(18,19)17-8-7-13-14(9-17)16-10-15-13/h3-6,10H,2,7-9H2,1H3,(H,15,16). The van der Waals surface area contributed by atoms with Crippen LogP contribution in [-0.4, -0.2) is 29.2 Å². The molecule has 0 aliphatic carbocycles. The summed E-state index contributed by atoms with van der Waals surface area (Å²) in [5.41, 5.74) is 3.00. The van der Waals surface area contributed by atoms with E-state index in [4.69, 9.17) is 0 Å². The minimum Gasteiger partial charge on any atom is -0.347 e. The Labute approximate surface area is 118 Å². The molecule has 0 bridgehead atoms. The zero-order chi connectivity index (χ0) is 14.2. The van der Waals surface area contributed by atoms with Crippen LogP contribution in [0.4, 0.5) is 0 Å². The van der Waals surface area contributed by atoms with Gasteiger partial charge < -0.3 is 4.98 Å². The molecule has 5 nitrogen and oxygen atoms in total. The predicted molar refractivity (Wildman–Crippen MR) is 75.7 cm³/mol. The fourth-order valence-corrected chi connectivity index (χ4v) is 3.85. The summed E-state index contributed by atoms with van der Waals surface area (Å²) < 4.78 is 26.7. The molecule has 3 rings (SSSR count). The number of nitrogens with one attached hydrogen (secondary N) is 1. The summed E-state index contributed by atoms with van der Waals surface area (Å²) in [6, 6.07) is 7.13. The Hall–Kier alpha value is -1.66. The van der Waals surface area contributed by atoms with Gasteiger partial charge in [-0.2, -0.15) is 4.31 Å². The first-order valence-corrected chi connectivity index (χ1v) is 8.15. The Bertz CT molecular complexity index is 704. The van der Waals surface area contributed by atoms with Crippen molar-refractivity contribution >= 4 is 10.0 Å². The molecule has 0 spiro atoms. The quantitative estimate of drug-likeness (QED) is 0.936. The number of hydrogen-bond acceptors (Lipinski definition) is 3. The van der Waals surface area contributed by atoms with Crippen LogP contribution in [0.5, 0.6) is 0 Å². The number of aromatic amines is 1. The molecule has 0 saturated heterocycles. The molecule has 1 aromatic heterocycles. The van der Waals surface area contributed by atoms with E-state index in [0.717, 1.165) is 23.4 Å². The van der Waals surface area contributed by atoms with Crippen LogP contribution in [0.2, 0.25) is 0 Å². The molecule has 1 aliphatic rings. The number of benzene rings is 1. The van der Waals surface area contributed by atoms with Crippen LogP contribution in [0.25, 0.3) is 0 Å². The second-order valence-electron chi connectivity index (χ2n) is 4.91. The van der Waals surface area contributed by atoms with Crippen LogP contribution in [0.3, 0.4) is 0 Å². The van der Waals surface area contributed by atoms with E-state index < -0.39 is 10.0 Å². The van der Waals surface area contributed by atoms with Crippen molar-refractivity contribution in [2.45, 2.75) is 31.2 Å². The van der Waals surface area contributed by atoms with Crippen LogP contribution in [0.15, 0.2) is 35.5 Å². The van der Waals surface area contributed by atoms with Gasteiger partial charge in [-0.1, -0.05) is 19.1 Å². The summed E-state index contributed by atoms with van der Waals surface area (Å²) in [6.45, 7) is 2.90. The number of H-pyrrole nitrogens is 1. The minimum atomic E-state index is -3.42. The lowest BCUT2D eigenvalue weighted by Crippen LogP contribution is -2.36. The predicted octanol–water partition coefficient (Wildman–Crippen LogP) is 1.72. The molecule has 0 unspecified atom stereocenters. The number of hydrogen-bond donors (Lipinski definition) is 1. The molecule has 0 fully saturated rings. The molecule has 0 amide bonds. The fraction of sp³-hybridized carbons (Fsp3) is 0.357. The van der Waals surface area contributed by atoms with E-state index in [1.54, 1.807) is 18.5 Å². The van der Waals surface area contributed by atoms with Gasteiger partial charge in [-0.05, 0) is 24.1 Å². The van der Waals surface area contributed by atoms with Crippen molar-refractivity contribution in [3.8, 4) is 0 Å². The zero-order valence-electron chi connectivity index (χ0n) is 11.3. The summed E-state index contributed by atoms with van der Waals surface area (Å²) in [4.78, 5) is 7.56. The smallest absolute Gasteiger partial charge is 0.243 e. The maximum Gasteiger partial charge on any atom is 0.243 e. The summed E-state index contributed by atoms with van der Waals surface area (Å²) in [5.74, 6) is 0. The van der Waals surface area contributed by atoms with Crippen LogP contribution in [0.1, 0.15) is 23.9 Å². The molecular formula is C14H17N3O2S. The first kappa shape index (κ1) is 13.3. The van der Waals surface area contributed by atoms with E-state index in [-0.39, 0.29) is 0 Å². The highest BCUT2D eigenvalue weighted by molar-refractivity contribution is 7.89. The Balaban J connectivity index is 1.88. The Morgan fingerprint density at radius 3 is 2.75 bits per heavy atom. The highest BCUT2D eigenvalue weighted by Gasteiger charge is 2.29. The molecule has 1 aromatic carbocycles. The zero-order valence-corrected chi connectivity index (χ0v) is 12.2. The SMILES string of the molecule is CCc1ccc(S(=O)(=O)N2CCc3nc[nH]c3C2)cc1. The van der Waals surface area contributed by atoms with E-state index in [1.165, 1.54) is 4.31 Å². The average molecular weight is 291 g/mol. The average Bonchev–Trinajstić information content (AvgIpc) is 2.94. The third-order valence-electron chi connectivity index (χ3n) is 3.71. The number of aromatic nitrogens is 2. The summed E-state index contributed by atoms with van der Waals surface area (Å²) in [6.07, 6.45) is 3.18. The number of aryl methyl sites for hydroxylation is 1. The van der Waals surface area contributed by atoms with Gasteiger partial charge in [0.25, 0.3) is 0 Å². The largest absolute Gasteiger partial charge is 0.347 e. The van der Waals surface area contributed by atoms with Gasteiger partial charge >= 0.3 is 0 Å². The van der Waals surface area contributed by atoms with Gasteiger partial charge in [0.1, 0.15) is 0 Å². The Morgan fingerprint density at radius 1 is 1.30 bits per heavy atom. The van der Waals surface area contributed by atoms with Crippen LogP contribution >= 0.6 is 0 Å². The number of imidazole rings is 1. The van der Waals surface area contributed by atoms with Crippen molar-refractivity contribution in [3.05, 3.63) is 47.5 Å². The van der Waals surface area contributed by atoms with E-state index in [0.29, 0.717) is 24.4 Å². The molecule has 2 heterocycles. The summed E-state index contributed by atoms with van der Waals surface area (Å²) >= 11 is 0. The van der Waals surface area contributed by atoms with Gasteiger partial charge in [-0.25, -0.2) is 13.4 Å². The molecule has 0 radical (unpaired) electrons. The van der Waals surface area contributed by atoms with Crippen molar-refractivity contribution in [2.24, 2.45) is 0 Å². The third-order valence-corrected chi connectivity index (χ3v) is 5.57. The van der Waals surface area contributed by atoms with Gasteiger partial charge in [-0.15, -0.1) is 0 Å². The van der Waals surface area contributed by atoms with Crippen LogP contribution < -0.4 is 0 Å². The normalized spacial score (nSPS) is 16.1. The van der Waals surface area contributed by atoms with Crippen molar-refractivity contribution < 1.29 is 8.42 Å². The Kier molecular flexibility index (Phi) is 3.35. The molecular weight excluding hydrogens is 274 g/mol. The third kappa shape index (κ3) is 2.25. The van der Waals surface area contributed by atoms with E-state index >= 15 is 0 Å². The van der Waals surface area contributed by atoms with Gasteiger partial charge in [-0.3, -0.25) is 0 Å². The highest BCUT2D eigenvalue weighted by atomic mass is 32.2. The number of rotatable bonds is 3. The summed E-state index contributed by atoms with van der Waals surface area (Å²) in [7, 11) is -3.42. The molecule has 1 aliphatic heterocycles. The maximum absolute atomic E-state index is 12.6. The van der Waals surface area contributed by atoms with Gasteiger partial charge in [0, 0.05) is 13.0 Å². The van der Waals surface area contributed by atoms with E-state index in [9.17, 15) is 8.42 Å². The highest BCUT2D eigenvalue weighted by Crippen LogP contribution is 2.23. The van der Waals surface area contributed by atoms with Crippen molar-refractivity contribution in [2.75, 3.05) is 6.54 Å². The lowest BCUT2D eigenvalue weighted by atomic mass is 10.2. The second kappa shape index (κ2) is 5.03. The number of nitrogens with zero attached hydrogens (tertiary/aromatic N) is 2. The summed E-state index contributed by atoms with van der Waals surface area (Å²) in [5, 5.41) is 0. The Morgan fingerprint density at radius 2 is 2.05 bits per heavy atom. The van der Waals surface area contributed by atoms with Crippen LogP contribution in [0, 0.1) is 0 Å². The maximum atomic E-state index is 12.6. The van der Waals surface area contributed by atoms with Crippen molar-refractivity contribution in [1.82, 2.24) is 14.3 Å². The van der Waals surface area contributed by atoms with Gasteiger partial charge in [0.2, 0.25) is 10.0 Å². The molecule has 1 N–H and O–H groups in total. The van der Waals surface area contributed by atoms with Crippen LogP contribution in [-0.2, 0) is 29.4 Å². The van der Waals surface area contributed by atoms with Crippen molar-refractivity contribution in [1.29, 1.82) is 0 Å². The monoisotopic (exact) mass is 291 g/mol. The van der Waals surface area contributed by atoms with Crippen molar-refractivity contribution in [3.63, 3.8) is 0 Å². The van der Waals surface area contributed by atoms with E-state index in [1.807, 2.05) is 19.1 Å². The fourth-order valence-electron chi connectivity index (χ4n) is 2.44. The minimum absolute atomic E-state index is 0.359. The molecule has 6 heteroatoms. The lowest BCUT2D eigenvalue weighted by Gasteiger charge is -2.25. The molecule has 2 aromatic rings. The first-order valence-electron chi connectivity index (χ1n) is 6.71. The van der Waals surface area contributed by atoms with Gasteiger partial charge in [0.15, 0.2) is 0 Å². The molecule has 0 saturated carbocycles. The molecule has 106 valence electrons. The second-order valence-corrected chi connectivity index (χ2v) is 6.85. The van der Waals surface area contributed by atoms with Gasteiger partial charge in [0.05, 0.1) is 29.2 Å². The first-order chi connectivity index (χ1) is 9.61. The number of sulfonamides is 1.